The minimum Gasteiger partial charge on any atom is -0.503 e. The lowest BCUT2D eigenvalue weighted by Gasteiger charge is -2.34. The molecule has 0 saturated carbocycles. The molecule has 3 rings (SSSR count). The number of aliphatic hydroxyl groups excluding tert-OH is 1. The first kappa shape index (κ1) is 23.4. The molecule has 3 N–H and O–H groups in total. The Morgan fingerprint density at radius 2 is 2.00 bits per heavy atom. The zero-order chi connectivity index (χ0) is 23.4. The van der Waals surface area contributed by atoms with Gasteiger partial charge in [-0.25, -0.2) is 4.39 Å². The molecule has 1 aromatic carbocycles. The van der Waals surface area contributed by atoms with Gasteiger partial charge in [-0.05, 0) is 23.3 Å². The number of carbonyl (C=O) groups excluding carboxylic acids is 2. The van der Waals surface area contributed by atoms with Gasteiger partial charge in [-0.1, -0.05) is 6.07 Å². The van der Waals surface area contributed by atoms with Crippen LogP contribution < -0.4 is 10.7 Å². The predicted molar refractivity (Wildman–Crippen MR) is 110 cm³/mol. The number of aromatic hydroxyl groups is 1. The lowest BCUT2D eigenvalue weighted by Crippen LogP contribution is -2.50. The molecule has 0 bridgehead atoms. The molecular weight excluding hydrogens is 425 g/mol. The zero-order valence-corrected chi connectivity index (χ0v) is 17.6. The number of hydrogen-bond acceptors (Lipinski definition) is 7. The fourth-order valence-corrected chi connectivity index (χ4v) is 3.49. The van der Waals surface area contributed by atoms with E-state index in [0.29, 0.717) is 11.1 Å². The number of ether oxygens (including phenoxy) is 2. The van der Waals surface area contributed by atoms with Gasteiger partial charge in [0.05, 0.1) is 19.8 Å². The summed E-state index contributed by atoms with van der Waals surface area (Å²) in [6.07, 6.45) is -0.0961. The van der Waals surface area contributed by atoms with Gasteiger partial charge in [0.2, 0.25) is 5.43 Å². The van der Waals surface area contributed by atoms with Crippen LogP contribution >= 0.6 is 0 Å². The topological polar surface area (TPSA) is 130 Å². The number of methoxy groups -OCH3 is 2. The van der Waals surface area contributed by atoms with E-state index in [1.165, 1.54) is 37.0 Å². The summed E-state index contributed by atoms with van der Waals surface area (Å²) in [6.45, 7) is 0.183. The maximum Gasteiger partial charge on any atom is 0.276 e. The van der Waals surface area contributed by atoms with Crippen LogP contribution in [0.25, 0.3) is 0 Å². The Labute approximate surface area is 182 Å². The third-order valence-electron chi connectivity index (χ3n) is 5.13. The molecule has 1 atom stereocenters. The quantitative estimate of drug-likeness (QED) is 0.525. The van der Waals surface area contributed by atoms with Crippen molar-refractivity contribution in [3.63, 3.8) is 0 Å². The highest BCUT2D eigenvalue weighted by Gasteiger charge is 2.35. The fourth-order valence-electron chi connectivity index (χ4n) is 3.49. The average molecular weight is 449 g/mol. The molecule has 0 saturated heterocycles. The van der Waals surface area contributed by atoms with Crippen LogP contribution in [0, 0.1) is 5.82 Å². The van der Waals surface area contributed by atoms with E-state index >= 15 is 0 Å². The molecule has 2 amide bonds. The molecule has 0 fully saturated rings. The van der Waals surface area contributed by atoms with Crippen LogP contribution in [0.1, 0.15) is 32.0 Å². The van der Waals surface area contributed by atoms with Gasteiger partial charge in [-0.2, -0.15) is 0 Å². The molecule has 0 spiro atoms. The van der Waals surface area contributed by atoms with E-state index in [9.17, 15) is 29.0 Å². The maximum atomic E-state index is 13.5. The molecule has 11 heteroatoms. The van der Waals surface area contributed by atoms with Gasteiger partial charge in [0.25, 0.3) is 11.8 Å². The van der Waals surface area contributed by atoms with Crippen molar-refractivity contribution in [3.05, 3.63) is 62.8 Å². The molecule has 10 nitrogen and oxygen atoms in total. The maximum absolute atomic E-state index is 13.5. The van der Waals surface area contributed by atoms with Crippen LogP contribution in [0.3, 0.4) is 0 Å². The Balaban J connectivity index is 1.85. The van der Waals surface area contributed by atoms with Crippen molar-refractivity contribution >= 4 is 11.8 Å². The Morgan fingerprint density at radius 1 is 1.25 bits per heavy atom. The highest BCUT2D eigenvalue weighted by atomic mass is 19.1. The fraction of sp³-hybridized carbons (Fsp3) is 0.381. The van der Waals surface area contributed by atoms with Crippen LogP contribution in [0.5, 0.6) is 5.75 Å². The van der Waals surface area contributed by atoms with Crippen molar-refractivity contribution in [2.24, 2.45) is 0 Å². The molecule has 2 aromatic rings. The Kier molecular flexibility index (Phi) is 7.23. The summed E-state index contributed by atoms with van der Waals surface area (Å²) in [5.74, 6) is -2.87. The van der Waals surface area contributed by atoms with Crippen molar-refractivity contribution in [1.82, 2.24) is 14.8 Å². The molecular formula is C21H24FN3O7. The number of pyridine rings is 1. The van der Waals surface area contributed by atoms with Crippen LogP contribution in [-0.2, 0) is 29.2 Å². The summed E-state index contributed by atoms with van der Waals surface area (Å²) < 4.78 is 24.6. The summed E-state index contributed by atoms with van der Waals surface area (Å²) in [4.78, 5) is 39.0. The van der Waals surface area contributed by atoms with Crippen LogP contribution in [0.2, 0.25) is 0 Å². The lowest BCUT2D eigenvalue weighted by molar-refractivity contribution is -0.0206. The number of carbonyl (C=O) groups is 2. The number of hydrogen-bond donors (Lipinski definition) is 3. The Bertz CT molecular complexity index is 1090. The molecule has 1 aliphatic heterocycles. The predicted octanol–water partition coefficient (Wildman–Crippen LogP) is 0.190. The van der Waals surface area contributed by atoms with Gasteiger partial charge in [-0.15, -0.1) is 0 Å². The minimum atomic E-state index is -1.22. The molecule has 172 valence electrons. The van der Waals surface area contributed by atoms with E-state index in [2.05, 4.69) is 5.32 Å². The van der Waals surface area contributed by atoms with Crippen molar-refractivity contribution in [1.29, 1.82) is 0 Å². The third kappa shape index (κ3) is 4.64. The first-order valence-corrected chi connectivity index (χ1v) is 9.77. The third-order valence-corrected chi connectivity index (χ3v) is 5.13. The van der Waals surface area contributed by atoms with E-state index in [0.717, 1.165) is 11.1 Å². The number of aromatic nitrogens is 1. The molecule has 0 aliphatic carbocycles. The summed E-state index contributed by atoms with van der Waals surface area (Å²) in [5.41, 5.74) is -0.604. The Morgan fingerprint density at radius 3 is 2.69 bits per heavy atom. The van der Waals surface area contributed by atoms with Gasteiger partial charge >= 0.3 is 0 Å². The van der Waals surface area contributed by atoms with Gasteiger partial charge in [0.1, 0.15) is 17.6 Å². The number of rotatable bonds is 8. The highest BCUT2D eigenvalue weighted by Crippen LogP contribution is 2.23. The normalized spacial score (nSPS) is 15.6. The number of benzene rings is 1. The number of fused-ring (bicyclic) bond motifs is 1. The van der Waals surface area contributed by atoms with E-state index in [1.807, 2.05) is 0 Å². The van der Waals surface area contributed by atoms with E-state index in [4.69, 9.17) is 9.47 Å². The van der Waals surface area contributed by atoms with E-state index < -0.39 is 40.6 Å². The van der Waals surface area contributed by atoms with E-state index in [1.54, 1.807) is 0 Å². The Hall–Kier alpha value is -3.28. The molecule has 1 aromatic heterocycles. The summed E-state index contributed by atoms with van der Waals surface area (Å²) >= 11 is 0. The largest absolute Gasteiger partial charge is 0.503 e. The molecule has 0 radical (unpaired) electrons. The van der Waals surface area contributed by atoms with Crippen LogP contribution in [0.15, 0.2) is 29.2 Å². The molecule has 1 aliphatic rings. The number of amides is 2. The second-order valence-corrected chi connectivity index (χ2v) is 7.22. The van der Waals surface area contributed by atoms with Crippen LogP contribution in [-0.4, -0.2) is 65.1 Å². The molecule has 32 heavy (non-hydrogen) atoms. The first-order valence-electron chi connectivity index (χ1n) is 9.77. The van der Waals surface area contributed by atoms with Crippen molar-refractivity contribution < 1.29 is 33.7 Å². The second-order valence-electron chi connectivity index (χ2n) is 7.22. The second kappa shape index (κ2) is 9.90. The highest BCUT2D eigenvalue weighted by molar-refractivity contribution is 5.99. The zero-order valence-electron chi connectivity index (χ0n) is 17.6. The monoisotopic (exact) mass is 449 g/mol. The minimum absolute atomic E-state index is 0.0217. The lowest BCUT2D eigenvalue weighted by atomic mass is 10.1. The van der Waals surface area contributed by atoms with Gasteiger partial charge in [0, 0.05) is 33.5 Å². The average Bonchev–Trinajstić information content (AvgIpc) is 2.75. The standard InChI is InChI=1S/C21H24FN3O7/c1-31-6-5-25-16(26)10-24-9-15(18(27)19(28)17(24)21(25)30)20(29)23-8-12-3-4-14(22)7-13(12)11-32-2/h3-4,7,9,16,26,28H,5-6,8,10-11H2,1-2H3,(H,23,29). The summed E-state index contributed by atoms with van der Waals surface area (Å²) in [7, 11) is 2.89. The number of aliphatic hydroxyl groups is 1. The SMILES string of the molecule is COCCN1C(=O)c2c(O)c(=O)c(C(=O)NCc3ccc(F)cc3COC)cn2CC1O. The number of nitrogens with one attached hydrogen (secondary N) is 1. The van der Waals surface area contributed by atoms with E-state index in [-0.39, 0.29) is 38.5 Å². The number of halogens is 1. The van der Waals surface area contributed by atoms with Gasteiger partial charge in [0.15, 0.2) is 11.4 Å². The van der Waals surface area contributed by atoms with Crippen LogP contribution in [0.4, 0.5) is 4.39 Å². The summed E-state index contributed by atoms with van der Waals surface area (Å²) in [5, 5.41) is 23.2. The van der Waals surface area contributed by atoms with Gasteiger partial charge in [-0.3, -0.25) is 14.4 Å². The van der Waals surface area contributed by atoms with Crippen molar-refractivity contribution in [3.8, 4) is 5.75 Å². The van der Waals surface area contributed by atoms with Gasteiger partial charge < -0.3 is 34.5 Å². The molecule has 2 heterocycles. The number of nitrogens with zero attached hydrogens (tertiary/aromatic N) is 2. The summed E-state index contributed by atoms with van der Waals surface area (Å²) in [6, 6.07) is 4.01. The van der Waals surface area contributed by atoms with Crippen molar-refractivity contribution in [2.45, 2.75) is 25.9 Å². The smallest absolute Gasteiger partial charge is 0.276 e. The molecule has 1 unspecified atom stereocenters. The van der Waals surface area contributed by atoms with Crippen molar-refractivity contribution in [2.75, 3.05) is 27.4 Å². The first-order chi connectivity index (χ1) is 15.3.